The molecule has 42 heavy (non-hydrogen) atoms. The van der Waals surface area contributed by atoms with Gasteiger partial charge < -0.3 is 39.0 Å². The third-order valence-corrected chi connectivity index (χ3v) is 9.07. The minimum atomic E-state index is -4.98. The molecule has 8 atom stereocenters. The number of hydrogen-bond donors (Lipinski definition) is 3. The van der Waals surface area contributed by atoms with Crippen molar-refractivity contribution in [1.82, 2.24) is 39.0 Å². The van der Waals surface area contributed by atoms with Crippen molar-refractivity contribution in [3.05, 3.63) is 35.7 Å². The molecular formula is C20H22N9O11P2-. The molecule has 4 aromatic heterocycles. The number of phosphoric ester groups is 2. The zero-order chi connectivity index (χ0) is 29.2. The zero-order valence-corrected chi connectivity index (χ0v) is 23.0. The van der Waals surface area contributed by atoms with Crippen LogP contribution in [0.5, 0.6) is 0 Å². The molecule has 7 heterocycles. The van der Waals surface area contributed by atoms with E-state index in [1.165, 1.54) is 34.4 Å². The van der Waals surface area contributed by atoms with Crippen molar-refractivity contribution in [1.29, 1.82) is 0 Å². The van der Waals surface area contributed by atoms with Crippen LogP contribution in [0.1, 0.15) is 25.3 Å². The average Bonchev–Trinajstić information content (AvgIpc) is 3.71. The number of anilines is 1. The predicted octanol–water partition coefficient (Wildman–Crippen LogP) is -0.497. The predicted molar refractivity (Wildman–Crippen MR) is 134 cm³/mol. The molecule has 0 aromatic carbocycles. The Kier molecular flexibility index (Phi) is 6.74. The van der Waals surface area contributed by atoms with Crippen LogP contribution < -0.4 is 16.2 Å². The molecule has 0 spiro atoms. The van der Waals surface area contributed by atoms with E-state index < -0.39 is 71.3 Å². The first-order valence-electron chi connectivity index (χ1n) is 12.5. The summed E-state index contributed by atoms with van der Waals surface area (Å²) in [5.41, 5.74) is 6.24. The third kappa shape index (κ3) is 5.05. The number of nitrogens with one attached hydrogen (secondary N) is 1. The molecule has 0 radical (unpaired) electrons. The number of rotatable bonds is 2. The van der Waals surface area contributed by atoms with E-state index in [4.69, 9.17) is 33.3 Å². The van der Waals surface area contributed by atoms with Crippen LogP contribution in [0.25, 0.3) is 22.3 Å². The maximum absolute atomic E-state index is 13.0. The molecule has 0 saturated carbocycles. The van der Waals surface area contributed by atoms with Gasteiger partial charge in [0.25, 0.3) is 13.4 Å². The lowest BCUT2D eigenvalue weighted by Crippen LogP contribution is -2.34. The van der Waals surface area contributed by atoms with Gasteiger partial charge in [0, 0.05) is 12.8 Å². The van der Waals surface area contributed by atoms with E-state index in [-0.39, 0.29) is 29.8 Å². The second-order valence-corrected chi connectivity index (χ2v) is 12.4. The van der Waals surface area contributed by atoms with E-state index in [1.54, 1.807) is 0 Å². The van der Waals surface area contributed by atoms with Crippen LogP contribution in [0.2, 0.25) is 0 Å². The molecule has 3 fully saturated rings. The number of fused-ring (bicyclic) bond motifs is 4. The van der Waals surface area contributed by atoms with Crippen LogP contribution in [0, 0.1) is 0 Å². The number of aromatic nitrogens is 8. The van der Waals surface area contributed by atoms with Crippen LogP contribution in [0.3, 0.4) is 0 Å². The van der Waals surface area contributed by atoms with Gasteiger partial charge in [-0.2, -0.15) is 0 Å². The van der Waals surface area contributed by atoms with Crippen molar-refractivity contribution in [2.24, 2.45) is 0 Å². The normalized spacial score (nSPS) is 36.0. The van der Waals surface area contributed by atoms with E-state index in [0.717, 1.165) is 0 Å². The van der Waals surface area contributed by atoms with E-state index in [2.05, 4.69) is 29.9 Å². The fourth-order valence-electron chi connectivity index (χ4n) is 5.15. The van der Waals surface area contributed by atoms with E-state index >= 15 is 0 Å². The lowest BCUT2D eigenvalue weighted by Gasteiger charge is -2.31. The van der Waals surface area contributed by atoms with Crippen molar-refractivity contribution in [2.75, 3.05) is 18.9 Å². The smallest absolute Gasteiger partial charge is 0.472 e. The average molecular weight is 626 g/mol. The molecule has 7 rings (SSSR count). The summed E-state index contributed by atoms with van der Waals surface area (Å²) in [6.45, 7) is -1.19. The number of nitrogens with zero attached hydrogens (tertiary/aromatic N) is 7. The van der Waals surface area contributed by atoms with Gasteiger partial charge in [0.2, 0.25) is 0 Å². The molecule has 0 amide bonds. The summed E-state index contributed by atoms with van der Waals surface area (Å²) in [4.78, 5) is 58.2. The first kappa shape index (κ1) is 27.7. The van der Waals surface area contributed by atoms with Crippen molar-refractivity contribution in [2.45, 2.75) is 49.7 Å². The maximum atomic E-state index is 13.0. The molecule has 224 valence electrons. The van der Waals surface area contributed by atoms with E-state index in [9.17, 15) is 23.7 Å². The highest BCUT2D eigenvalue weighted by molar-refractivity contribution is 7.47. The Bertz CT molecular complexity index is 1810. The number of nitrogens with two attached hydrogens (primary N) is 1. The van der Waals surface area contributed by atoms with Gasteiger partial charge in [-0.05, 0) is 0 Å². The summed E-state index contributed by atoms with van der Waals surface area (Å²) in [6, 6.07) is 0. The van der Waals surface area contributed by atoms with Gasteiger partial charge in [-0.15, -0.1) is 0 Å². The fraction of sp³-hybridized carbons (Fsp3) is 0.500. The van der Waals surface area contributed by atoms with Crippen LogP contribution in [0.15, 0.2) is 30.1 Å². The highest BCUT2D eigenvalue weighted by Crippen LogP contribution is 2.52. The summed E-state index contributed by atoms with van der Waals surface area (Å²) >= 11 is 0. The van der Waals surface area contributed by atoms with Crippen molar-refractivity contribution < 1.29 is 46.5 Å². The van der Waals surface area contributed by atoms with Crippen molar-refractivity contribution in [3.8, 4) is 0 Å². The van der Waals surface area contributed by atoms with Crippen molar-refractivity contribution >= 4 is 43.8 Å². The standard InChI is InChI=1S/C20H23N9O11P2/c21-17-15-18(23-5-22-17)28(7-26-15)13-1-9-11(37-13)3-35-42(33,34)40-10-2-14(38-12(10)4-36-41(31,32)39-9)29-8-27-16-19(29)24-6-25-20(16)30/h5-14H,1-4H2,(H,31,32)(H,33,34)(H2,21,22,23)(H,24,25,30)/p-1/t9-,10-,11+,12+,13+,14+/m0/s1. The molecular weight excluding hydrogens is 604 g/mol. The summed E-state index contributed by atoms with van der Waals surface area (Å²) < 4.78 is 61.8. The Labute approximate surface area is 234 Å². The molecule has 20 nitrogen and oxygen atoms in total. The molecule has 3 aliphatic heterocycles. The molecule has 0 aliphatic carbocycles. The Balaban J connectivity index is 1.13. The van der Waals surface area contributed by atoms with E-state index in [1.807, 2.05) is 0 Å². The van der Waals surface area contributed by atoms with Crippen LogP contribution >= 0.6 is 15.6 Å². The summed E-state index contributed by atoms with van der Waals surface area (Å²) in [7, 11) is -9.72. The molecule has 2 unspecified atom stereocenters. The molecule has 4 aromatic rings. The molecule has 0 bridgehead atoms. The largest absolute Gasteiger partial charge is 0.756 e. The summed E-state index contributed by atoms with van der Waals surface area (Å²) in [5.74, 6) is 0.140. The lowest BCUT2D eigenvalue weighted by atomic mass is 10.2. The SMILES string of the molecule is Nc1ncnc2c1ncn2[C@H]1C[C@@H]2OP(=O)(O)OC[C@H]3O[C@@H](n4cnc5c(=O)[nH]cnc54)C[C@@H]3OP(=O)([O-])OC[C@H]2O1. The van der Waals surface area contributed by atoms with Crippen LogP contribution in [-0.4, -0.2) is 81.6 Å². The molecule has 22 heteroatoms. The molecule has 3 saturated heterocycles. The second kappa shape index (κ2) is 10.2. The minimum absolute atomic E-state index is 0.0220. The van der Waals surface area contributed by atoms with Crippen LogP contribution in [0.4, 0.5) is 5.82 Å². The number of ether oxygens (including phenoxy) is 2. The van der Waals surface area contributed by atoms with Crippen molar-refractivity contribution in [3.63, 3.8) is 0 Å². The highest BCUT2D eigenvalue weighted by atomic mass is 31.2. The van der Waals surface area contributed by atoms with Gasteiger partial charge in [0.15, 0.2) is 22.6 Å². The van der Waals surface area contributed by atoms with E-state index in [0.29, 0.717) is 11.2 Å². The fourth-order valence-corrected chi connectivity index (χ4v) is 7.05. The lowest BCUT2D eigenvalue weighted by molar-refractivity contribution is -0.234. The van der Waals surface area contributed by atoms with Gasteiger partial charge >= 0.3 is 7.82 Å². The molecule has 3 aliphatic rings. The maximum Gasteiger partial charge on any atom is 0.472 e. The first-order valence-corrected chi connectivity index (χ1v) is 15.5. The number of aromatic amines is 1. The van der Waals surface area contributed by atoms with Gasteiger partial charge in [0.05, 0.1) is 38.3 Å². The number of imidazole rings is 2. The Hall–Kier alpha value is -3.16. The summed E-state index contributed by atoms with van der Waals surface area (Å²) in [6.07, 6.45) is -1.35. The second-order valence-electron chi connectivity index (χ2n) is 9.66. The van der Waals surface area contributed by atoms with Gasteiger partial charge in [0.1, 0.15) is 42.6 Å². The number of hydrogen-bond acceptors (Lipinski definition) is 16. The Morgan fingerprint density at radius 3 is 2.21 bits per heavy atom. The zero-order valence-electron chi connectivity index (χ0n) is 21.2. The van der Waals surface area contributed by atoms with Gasteiger partial charge in [-0.3, -0.25) is 27.5 Å². The monoisotopic (exact) mass is 626 g/mol. The third-order valence-electron chi connectivity index (χ3n) is 7.07. The number of H-pyrrole nitrogens is 1. The first-order chi connectivity index (χ1) is 20.1. The summed E-state index contributed by atoms with van der Waals surface area (Å²) in [5, 5.41) is 0. The van der Waals surface area contributed by atoms with Crippen LogP contribution in [-0.2, 0) is 36.7 Å². The minimum Gasteiger partial charge on any atom is -0.756 e. The Morgan fingerprint density at radius 2 is 1.50 bits per heavy atom. The number of phosphoric acid groups is 2. The van der Waals surface area contributed by atoms with Gasteiger partial charge in [-0.25, -0.2) is 29.5 Å². The number of nitrogen functional groups attached to an aromatic ring is 1. The van der Waals surface area contributed by atoms with Gasteiger partial charge in [-0.1, -0.05) is 0 Å². The quantitative estimate of drug-likeness (QED) is 0.237. The highest BCUT2D eigenvalue weighted by Gasteiger charge is 2.46. The topological polar surface area (TPSA) is 266 Å². The molecule has 4 N–H and O–H groups in total. The Morgan fingerprint density at radius 1 is 0.881 bits per heavy atom.